The first kappa shape index (κ1) is 20.9. The summed E-state index contributed by atoms with van der Waals surface area (Å²) in [6.07, 6.45) is 3.21. The molecule has 32 heavy (non-hydrogen) atoms. The van der Waals surface area contributed by atoms with Gasteiger partial charge in [-0.05, 0) is 47.5 Å². The lowest BCUT2D eigenvalue weighted by Gasteiger charge is -2.10. The predicted molar refractivity (Wildman–Crippen MR) is 117 cm³/mol. The summed E-state index contributed by atoms with van der Waals surface area (Å²) in [5.74, 6) is -0.263. The van der Waals surface area contributed by atoms with Crippen LogP contribution in [0.3, 0.4) is 0 Å². The number of non-ortho nitro benzene ring substituents is 1. The fourth-order valence-corrected chi connectivity index (χ4v) is 3.41. The maximum atomic E-state index is 13.4. The second kappa shape index (κ2) is 8.76. The van der Waals surface area contributed by atoms with Gasteiger partial charge in [-0.15, -0.1) is 0 Å². The molecular formula is C23H18FN5O3. The minimum absolute atomic E-state index is 0.0471. The van der Waals surface area contributed by atoms with Gasteiger partial charge in [0.05, 0.1) is 16.9 Å². The van der Waals surface area contributed by atoms with E-state index in [2.05, 4.69) is 15.4 Å². The summed E-state index contributed by atoms with van der Waals surface area (Å²) < 4.78 is 15.0. The third-order valence-corrected chi connectivity index (χ3v) is 4.88. The van der Waals surface area contributed by atoms with Crippen LogP contribution in [0, 0.1) is 15.9 Å². The van der Waals surface area contributed by atoms with E-state index in [-0.39, 0.29) is 23.8 Å². The standard InChI is InChI=1S/C23H18FN5O3/c1-28-23(26-20(30)14-15-3-2-4-19(13-15)29(31)32)21(16-9-11-25-12-10-16)22(27-28)17-5-7-18(24)8-6-17/h2-13H,14H2,1H3,(H,26,30). The van der Waals surface area contributed by atoms with Crippen LogP contribution in [0.4, 0.5) is 15.9 Å². The van der Waals surface area contributed by atoms with Crippen molar-refractivity contribution >= 4 is 17.4 Å². The number of carbonyl (C=O) groups is 1. The number of hydrogen-bond donors (Lipinski definition) is 1. The molecule has 1 amide bonds. The Hall–Kier alpha value is -4.40. The minimum Gasteiger partial charge on any atom is -0.310 e. The van der Waals surface area contributed by atoms with E-state index in [1.54, 1.807) is 60.5 Å². The first-order valence-corrected chi connectivity index (χ1v) is 9.69. The molecule has 160 valence electrons. The molecule has 2 aromatic heterocycles. The molecule has 1 N–H and O–H groups in total. The molecule has 0 fully saturated rings. The Morgan fingerprint density at radius 2 is 1.81 bits per heavy atom. The highest BCUT2D eigenvalue weighted by atomic mass is 19.1. The van der Waals surface area contributed by atoms with Crippen LogP contribution in [-0.4, -0.2) is 25.6 Å². The molecule has 0 bridgehead atoms. The second-order valence-corrected chi connectivity index (χ2v) is 7.09. The van der Waals surface area contributed by atoms with E-state index in [1.165, 1.54) is 24.3 Å². The van der Waals surface area contributed by atoms with E-state index in [0.29, 0.717) is 28.2 Å². The van der Waals surface area contributed by atoms with Gasteiger partial charge in [-0.3, -0.25) is 24.6 Å². The molecule has 2 aromatic carbocycles. The van der Waals surface area contributed by atoms with Gasteiger partial charge in [0, 0.05) is 37.1 Å². The average Bonchev–Trinajstić information content (AvgIpc) is 3.10. The van der Waals surface area contributed by atoms with Crippen LogP contribution < -0.4 is 5.32 Å². The zero-order valence-electron chi connectivity index (χ0n) is 17.0. The lowest BCUT2D eigenvalue weighted by Crippen LogP contribution is -2.17. The Labute approximate surface area is 182 Å². The Morgan fingerprint density at radius 3 is 2.50 bits per heavy atom. The van der Waals surface area contributed by atoms with Crippen LogP contribution in [0.1, 0.15) is 5.56 Å². The molecule has 4 aromatic rings. The molecule has 4 rings (SSSR count). The van der Waals surface area contributed by atoms with Crippen molar-refractivity contribution in [2.45, 2.75) is 6.42 Å². The summed E-state index contributed by atoms with van der Waals surface area (Å²) in [4.78, 5) is 27.3. The van der Waals surface area contributed by atoms with Crippen molar-refractivity contribution in [1.82, 2.24) is 14.8 Å². The first-order chi connectivity index (χ1) is 15.4. The lowest BCUT2D eigenvalue weighted by atomic mass is 10.0. The molecule has 9 heteroatoms. The third-order valence-electron chi connectivity index (χ3n) is 4.88. The van der Waals surface area contributed by atoms with Crippen LogP contribution in [0.25, 0.3) is 22.4 Å². The number of carbonyl (C=O) groups excluding carboxylic acids is 1. The summed E-state index contributed by atoms with van der Waals surface area (Å²) in [5.41, 5.74) is 3.14. The fraction of sp³-hybridized carbons (Fsp3) is 0.0870. The van der Waals surface area contributed by atoms with E-state index < -0.39 is 4.92 Å². The van der Waals surface area contributed by atoms with E-state index in [9.17, 15) is 19.3 Å². The predicted octanol–water partition coefficient (Wildman–Crippen LogP) is 4.38. The summed E-state index contributed by atoms with van der Waals surface area (Å²) >= 11 is 0. The third kappa shape index (κ3) is 4.36. The van der Waals surface area contributed by atoms with Crippen LogP contribution in [0.5, 0.6) is 0 Å². The van der Waals surface area contributed by atoms with Gasteiger partial charge < -0.3 is 5.32 Å². The van der Waals surface area contributed by atoms with Crippen molar-refractivity contribution in [2.75, 3.05) is 5.32 Å². The molecule has 0 atom stereocenters. The highest BCUT2D eigenvalue weighted by molar-refractivity contribution is 5.99. The molecule has 0 saturated heterocycles. The maximum absolute atomic E-state index is 13.4. The van der Waals surface area contributed by atoms with Crippen molar-refractivity contribution < 1.29 is 14.1 Å². The minimum atomic E-state index is -0.501. The Morgan fingerprint density at radius 1 is 1.09 bits per heavy atom. The van der Waals surface area contributed by atoms with E-state index in [4.69, 9.17) is 0 Å². The fourth-order valence-electron chi connectivity index (χ4n) is 3.41. The molecule has 2 heterocycles. The lowest BCUT2D eigenvalue weighted by molar-refractivity contribution is -0.384. The number of hydrogen-bond acceptors (Lipinski definition) is 5. The van der Waals surface area contributed by atoms with Gasteiger partial charge in [-0.1, -0.05) is 12.1 Å². The molecule has 0 saturated carbocycles. The number of nitrogens with zero attached hydrogens (tertiary/aromatic N) is 4. The molecule has 0 aliphatic heterocycles. The van der Waals surface area contributed by atoms with E-state index in [0.717, 1.165) is 5.56 Å². The number of amides is 1. The van der Waals surface area contributed by atoms with Gasteiger partial charge in [0.15, 0.2) is 0 Å². The maximum Gasteiger partial charge on any atom is 0.269 e. The summed E-state index contributed by atoms with van der Waals surface area (Å²) in [6.45, 7) is 0. The van der Waals surface area contributed by atoms with Gasteiger partial charge in [0.25, 0.3) is 5.69 Å². The van der Waals surface area contributed by atoms with Crippen molar-refractivity contribution in [3.63, 3.8) is 0 Å². The van der Waals surface area contributed by atoms with Crippen molar-refractivity contribution in [2.24, 2.45) is 7.05 Å². The number of halogens is 1. The molecule has 0 radical (unpaired) electrons. The smallest absolute Gasteiger partial charge is 0.269 e. The molecular weight excluding hydrogens is 413 g/mol. The Kier molecular flexibility index (Phi) is 5.71. The largest absolute Gasteiger partial charge is 0.310 e. The van der Waals surface area contributed by atoms with Gasteiger partial charge in [-0.2, -0.15) is 5.10 Å². The van der Waals surface area contributed by atoms with Crippen molar-refractivity contribution in [3.05, 3.63) is 94.6 Å². The first-order valence-electron chi connectivity index (χ1n) is 9.69. The number of pyridine rings is 1. The quantitative estimate of drug-likeness (QED) is 0.361. The van der Waals surface area contributed by atoms with Gasteiger partial charge in [0.2, 0.25) is 5.91 Å². The van der Waals surface area contributed by atoms with Crippen LogP contribution in [0.2, 0.25) is 0 Å². The number of nitro groups is 1. The zero-order valence-corrected chi connectivity index (χ0v) is 17.0. The second-order valence-electron chi connectivity index (χ2n) is 7.09. The summed E-state index contributed by atoms with van der Waals surface area (Å²) in [7, 11) is 1.70. The number of anilines is 1. The highest BCUT2D eigenvalue weighted by Crippen LogP contribution is 2.37. The van der Waals surface area contributed by atoms with Crippen molar-refractivity contribution in [1.29, 1.82) is 0 Å². The van der Waals surface area contributed by atoms with Crippen molar-refractivity contribution in [3.8, 4) is 22.4 Å². The van der Waals surface area contributed by atoms with Gasteiger partial charge >= 0.3 is 0 Å². The molecule has 0 unspecified atom stereocenters. The van der Waals surface area contributed by atoms with Gasteiger partial charge in [0.1, 0.15) is 17.3 Å². The van der Waals surface area contributed by atoms with Crippen LogP contribution >= 0.6 is 0 Å². The number of rotatable bonds is 6. The monoisotopic (exact) mass is 431 g/mol. The number of aryl methyl sites for hydroxylation is 1. The van der Waals surface area contributed by atoms with Crippen LogP contribution in [-0.2, 0) is 18.3 Å². The van der Waals surface area contributed by atoms with E-state index >= 15 is 0 Å². The molecule has 0 aliphatic carbocycles. The molecule has 8 nitrogen and oxygen atoms in total. The highest BCUT2D eigenvalue weighted by Gasteiger charge is 2.21. The number of nitrogens with one attached hydrogen (secondary N) is 1. The number of benzene rings is 2. The van der Waals surface area contributed by atoms with Crippen LogP contribution in [0.15, 0.2) is 73.1 Å². The Bertz CT molecular complexity index is 1290. The summed E-state index contributed by atoms with van der Waals surface area (Å²) in [6, 6.07) is 15.5. The van der Waals surface area contributed by atoms with E-state index in [1.807, 2.05) is 0 Å². The average molecular weight is 431 g/mol. The summed E-state index contributed by atoms with van der Waals surface area (Å²) in [5, 5.41) is 18.4. The normalized spacial score (nSPS) is 10.7. The number of aromatic nitrogens is 3. The molecule has 0 aliphatic rings. The SMILES string of the molecule is Cn1nc(-c2ccc(F)cc2)c(-c2ccncc2)c1NC(=O)Cc1cccc([N+](=O)[O-])c1. The number of nitro benzene ring substituents is 1. The van der Waals surface area contributed by atoms with Gasteiger partial charge in [-0.25, -0.2) is 4.39 Å². The molecule has 0 spiro atoms. The zero-order chi connectivity index (χ0) is 22.7. The topological polar surface area (TPSA) is 103 Å². The Balaban J connectivity index is 1.70.